The minimum atomic E-state index is -0.541. The summed E-state index contributed by atoms with van der Waals surface area (Å²) in [7, 11) is 7.15. The Morgan fingerprint density at radius 3 is 1.41 bits per heavy atom. The Kier molecular flexibility index (Phi) is 20.0. The highest BCUT2D eigenvalue weighted by Gasteiger charge is 2.16. The standard InChI is InChI=1S/C16H14O5.C14H12ClNO2.C14H12FNO2.C13H11NO4/c1-20-15(18)12-7-11(8-13(9-12)16(19)21-2)10-3-5-14(17)6-4-10;2*1-16-14(18)10-4-2-3-9(7-10)12-6-5-11(17)8-13(12)15;1-18-13-8-11(15)5-6-12(13)9-3-2-4-10(7-9)14(16)17/h3-9,17H,1-2H3;2*2-8,17H,1H3,(H,16,18);2-8,15H,1H3. The quantitative estimate of drug-likeness (QED) is 0.0425. The van der Waals surface area contributed by atoms with Crippen LogP contribution in [0.25, 0.3) is 44.5 Å². The zero-order valence-corrected chi connectivity index (χ0v) is 41.6. The number of ether oxygens (including phenoxy) is 3. The molecular weight excluding hydrogens is 989 g/mol. The number of nitro groups is 1. The average Bonchev–Trinajstić information content (AvgIpc) is 3.42. The first-order valence-electron chi connectivity index (χ1n) is 22.2. The lowest BCUT2D eigenvalue weighted by Crippen LogP contribution is -2.17. The first-order valence-corrected chi connectivity index (χ1v) is 22.6. The molecule has 75 heavy (non-hydrogen) atoms. The predicted molar refractivity (Wildman–Crippen MR) is 282 cm³/mol. The molecule has 0 atom stereocenters. The van der Waals surface area contributed by atoms with E-state index in [9.17, 15) is 49.0 Å². The number of carbonyl (C=O) groups excluding carboxylic acids is 4. The normalized spacial score (nSPS) is 10.1. The van der Waals surface area contributed by atoms with Crippen molar-refractivity contribution in [1.29, 1.82) is 0 Å². The van der Waals surface area contributed by atoms with E-state index in [1.165, 1.54) is 89.0 Å². The van der Waals surface area contributed by atoms with E-state index in [4.69, 9.17) is 21.4 Å². The number of non-ortho nitro benzene ring substituents is 1. The van der Waals surface area contributed by atoms with Crippen LogP contribution in [-0.4, -0.2) is 84.5 Å². The van der Waals surface area contributed by atoms with E-state index in [1.807, 2.05) is 6.07 Å². The van der Waals surface area contributed by atoms with Gasteiger partial charge in [-0.1, -0.05) is 60.1 Å². The van der Waals surface area contributed by atoms with Crippen molar-refractivity contribution in [3.8, 4) is 73.3 Å². The molecule has 0 aliphatic carbocycles. The van der Waals surface area contributed by atoms with Crippen molar-refractivity contribution in [2.45, 2.75) is 0 Å². The molecule has 0 saturated heterocycles. The first-order chi connectivity index (χ1) is 35.9. The lowest BCUT2D eigenvalue weighted by molar-refractivity contribution is -0.384. The van der Waals surface area contributed by atoms with E-state index in [-0.39, 0.29) is 51.6 Å². The summed E-state index contributed by atoms with van der Waals surface area (Å²) in [4.78, 5) is 56.7. The molecule has 0 aliphatic rings. The number of hydrogen-bond donors (Lipinski definition) is 6. The highest BCUT2D eigenvalue weighted by Crippen LogP contribution is 2.35. The van der Waals surface area contributed by atoms with Crippen LogP contribution in [0.15, 0.2) is 170 Å². The second kappa shape index (κ2) is 26.6. The maximum absolute atomic E-state index is 13.7. The highest BCUT2D eigenvalue weighted by atomic mass is 35.5. The van der Waals surface area contributed by atoms with Gasteiger partial charge in [0.1, 0.15) is 34.6 Å². The van der Waals surface area contributed by atoms with E-state index in [0.29, 0.717) is 49.7 Å². The van der Waals surface area contributed by atoms with Gasteiger partial charge in [0.05, 0.1) is 42.4 Å². The summed E-state index contributed by atoms with van der Waals surface area (Å²) in [5.41, 5.74) is 6.87. The number of nitrogens with zero attached hydrogens (tertiary/aromatic N) is 1. The zero-order chi connectivity index (χ0) is 54.8. The van der Waals surface area contributed by atoms with Gasteiger partial charge in [0.25, 0.3) is 17.5 Å². The molecule has 0 spiro atoms. The maximum Gasteiger partial charge on any atom is 0.337 e. The lowest BCUT2D eigenvalue weighted by atomic mass is 9.99. The van der Waals surface area contributed by atoms with Gasteiger partial charge in [-0.3, -0.25) is 19.7 Å². The Hall–Kier alpha value is -9.74. The molecule has 0 aromatic heterocycles. The number of hydrogen-bond acceptors (Lipinski definition) is 13. The molecule has 18 heteroatoms. The molecule has 0 radical (unpaired) electrons. The molecule has 16 nitrogen and oxygen atoms in total. The first kappa shape index (κ1) is 56.2. The van der Waals surface area contributed by atoms with Crippen molar-refractivity contribution < 1.29 is 63.1 Å². The van der Waals surface area contributed by atoms with Gasteiger partial charge in [-0.15, -0.1) is 0 Å². The Bertz CT molecular complexity index is 3210. The molecular formula is C57H49ClFN3O13. The number of nitrogens with one attached hydrogen (secondary N) is 2. The Morgan fingerprint density at radius 1 is 0.493 bits per heavy atom. The SMILES string of the molecule is CNC(=O)c1cccc(-c2ccc(O)cc2Cl)c1.CNC(=O)c1cccc(-c2ccc(O)cc2F)c1.COC(=O)c1cc(C(=O)OC)cc(-c2ccc(O)cc2)c1.COc1cc(O)ccc1-c1cccc([N+](=O)[O-])c1. The second-order valence-corrected chi connectivity index (χ2v) is 16.1. The van der Waals surface area contributed by atoms with Crippen molar-refractivity contribution in [2.24, 2.45) is 0 Å². The number of esters is 2. The van der Waals surface area contributed by atoms with Crippen LogP contribution < -0.4 is 15.4 Å². The number of rotatable bonds is 10. The molecule has 6 N–H and O–H groups in total. The van der Waals surface area contributed by atoms with E-state index >= 15 is 0 Å². The average molecular weight is 1040 g/mol. The number of aromatic hydroxyl groups is 4. The Balaban J connectivity index is 0.000000185. The van der Waals surface area contributed by atoms with Gasteiger partial charge < -0.3 is 45.3 Å². The molecule has 8 aromatic rings. The summed E-state index contributed by atoms with van der Waals surface area (Å²) in [5, 5.41) is 53.4. The number of benzene rings is 8. The van der Waals surface area contributed by atoms with Crippen molar-refractivity contribution in [3.05, 3.63) is 213 Å². The maximum atomic E-state index is 13.7. The van der Waals surface area contributed by atoms with E-state index in [0.717, 1.165) is 22.8 Å². The van der Waals surface area contributed by atoms with E-state index in [2.05, 4.69) is 20.1 Å². The minimum absolute atomic E-state index is 0.0163. The van der Waals surface area contributed by atoms with Crippen LogP contribution >= 0.6 is 11.6 Å². The molecule has 2 amide bonds. The number of methoxy groups -OCH3 is 3. The van der Waals surface area contributed by atoms with Crippen LogP contribution in [-0.2, 0) is 9.47 Å². The summed E-state index contributed by atoms with van der Waals surface area (Å²) in [6.45, 7) is 0. The summed E-state index contributed by atoms with van der Waals surface area (Å²) >= 11 is 6.07. The molecule has 8 rings (SSSR count). The molecule has 0 bridgehead atoms. The van der Waals surface area contributed by atoms with Crippen LogP contribution in [0.1, 0.15) is 41.4 Å². The van der Waals surface area contributed by atoms with Crippen molar-refractivity contribution in [1.82, 2.24) is 10.6 Å². The molecule has 0 saturated carbocycles. The molecule has 0 heterocycles. The van der Waals surface area contributed by atoms with Gasteiger partial charge in [-0.2, -0.15) is 0 Å². The Labute approximate surface area is 435 Å². The van der Waals surface area contributed by atoms with Crippen LogP contribution in [0.3, 0.4) is 0 Å². The third-order valence-corrected chi connectivity index (χ3v) is 11.1. The van der Waals surface area contributed by atoms with Crippen LogP contribution in [0.4, 0.5) is 10.1 Å². The highest BCUT2D eigenvalue weighted by molar-refractivity contribution is 6.33. The summed E-state index contributed by atoms with van der Waals surface area (Å²) in [5.74, 6) is -1.30. The number of amides is 2. The second-order valence-electron chi connectivity index (χ2n) is 15.7. The summed E-state index contributed by atoms with van der Waals surface area (Å²) in [6.07, 6.45) is 0. The van der Waals surface area contributed by atoms with Crippen LogP contribution in [0.2, 0.25) is 5.02 Å². The van der Waals surface area contributed by atoms with Gasteiger partial charge in [-0.25, -0.2) is 14.0 Å². The van der Waals surface area contributed by atoms with Crippen molar-refractivity contribution in [2.75, 3.05) is 35.4 Å². The van der Waals surface area contributed by atoms with Gasteiger partial charge >= 0.3 is 11.9 Å². The molecule has 384 valence electrons. The van der Waals surface area contributed by atoms with Gasteiger partial charge in [0.15, 0.2) is 0 Å². The van der Waals surface area contributed by atoms with Gasteiger partial charge in [0.2, 0.25) is 0 Å². The number of nitro benzene ring substituents is 1. The van der Waals surface area contributed by atoms with Gasteiger partial charge in [-0.05, 0) is 125 Å². The van der Waals surface area contributed by atoms with E-state index in [1.54, 1.807) is 104 Å². The zero-order valence-electron chi connectivity index (χ0n) is 40.8. The smallest absolute Gasteiger partial charge is 0.337 e. The third kappa shape index (κ3) is 15.4. The third-order valence-electron chi connectivity index (χ3n) is 10.8. The Morgan fingerprint density at radius 2 is 0.933 bits per heavy atom. The number of carbonyl (C=O) groups is 4. The van der Waals surface area contributed by atoms with Crippen molar-refractivity contribution >= 4 is 41.0 Å². The molecule has 8 aromatic carbocycles. The molecule has 0 unspecified atom stereocenters. The number of phenols is 4. The van der Waals surface area contributed by atoms with Gasteiger partial charge in [0, 0.05) is 66.2 Å². The van der Waals surface area contributed by atoms with Crippen molar-refractivity contribution in [3.63, 3.8) is 0 Å². The monoisotopic (exact) mass is 1040 g/mol. The summed E-state index contributed by atoms with van der Waals surface area (Å²) in [6, 6.07) is 44.5. The summed E-state index contributed by atoms with van der Waals surface area (Å²) < 4.78 is 28.2. The fraction of sp³-hybridized carbons (Fsp3) is 0.0877. The van der Waals surface area contributed by atoms with E-state index < -0.39 is 22.7 Å². The largest absolute Gasteiger partial charge is 0.508 e. The fourth-order valence-electron chi connectivity index (χ4n) is 7.05. The van der Waals surface area contributed by atoms with Crippen LogP contribution in [0.5, 0.6) is 28.7 Å². The lowest BCUT2D eigenvalue weighted by Gasteiger charge is -2.08. The number of phenolic OH excluding ortho intramolecular Hbond substituents is 4. The molecule has 0 fully saturated rings. The predicted octanol–water partition coefficient (Wildman–Crippen LogP) is 11.2. The number of halogens is 2. The van der Waals surface area contributed by atoms with Crippen LogP contribution in [0, 0.1) is 15.9 Å². The molecule has 0 aliphatic heterocycles. The fourth-order valence-corrected chi connectivity index (χ4v) is 7.33. The topological polar surface area (TPSA) is 244 Å². The minimum Gasteiger partial charge on any atom is -0.508 e.